The summed E-state index contributed by atoms with van der Waals surface area (Å²) in [6.45, 7) is 3.41. The third-order valence-corrected chi connectivity index (χ3v) is 5.62. The summed E-state index contributed by atoms with van der Waals surface area (Å²) in [5.41, 5.74) is 1.75. The van der Waals surface area contributed by atoms with Gasteiger partial charge >= 0.3 is 124 Å². The Hall–Kier alpha value is -0.582. The van der Waals surface area contributed by atoms with Crippen LogP contribution < -0.4 is 10.6 Å². The summed E-state index contributed by atoms with van der Waals surface area (Å²) in [4.78, 5) is 23.9. The van der Waals surface area contributed by atoms with E-state index >= 15 is 0 Å². The summed E-state index contributed by atoms with van der Waals surface area (Å²) in [7, 11) is 0. The second kappa shape index (κ2) is 8.01. The molecule has 7 heteroatoms. The SMILES string of the molecule is C[As](OC(=O)C1CCNCC1)OC(=O)C1CCNCC1. The fourth-order valence-corrected chi connectivity index (χ4v) is 4.30. The van der Waals surface area contributed by atoms with E-state index in [1.54, 1.807) is 5.71 Å². The maximum atomic E-state index is 12.0. The van der Waals surface area contributed by atoms with Gasteiger partial charge < -0.3 is 0 Å². The Morgan fingerprint density at radius 3 is 1.55 bits per heavy atom. The molecule has 0 atom stereocenters. The summed E-state index contributed by atoms with van der Waals surface area (Å²) in [5, 5.41) is 6.42. The number of hydrogen-bond acceptors (Lipinski definition) is 6. The van der Waals surface area contributed by atoms with E-state index in [0.717, 1.165) is 51.9 Å². The fourth-order valence-electron chi connectivity index (χ4n) is 2.54. The van der Waals surface area contributed by atoms with Crippen molar-refractivity contribution < 1.29 is 17.0 Å². The molecule has 2 heterocycles. The zero-order chi connectivity index (χ0) is 14.4. The first-order valence-electron chi connectivity index (χ1n) is 7.25. The van der Waals surface area contributed by atoms with E-state index in [4.69, 9.17) is 7.45 Å². The van der Waals surface area contributed by atoms with Crippen LogP contribution in [0.4, 0.5) is 0 Å². The first-order valence-corrected chi connectivity index (χ1v) is 10.7. The molecule has 0 spiro atoms. The summed E-state index contributed by atoms with van der Waals surface area (Å²) in [5.74, 6) is -0.449. The minimum absolute atomic E-state index is 0.0364. The third-order valence-electron chi connectivity index (χ3n) is 3.78. The van der Waals surface area contributed by atoms with E-state index in [9.17, 15) is 9.59 Å². The van der Waals surface area contributed by atoms with Crippen LogP contribution in [0.5, 0.6) is 0 Å². The van der Waals surface area contributed by atoms with Crippen LogP contribution in [0.3, 0.4) is 0 Å². The Morgan fingerprint density at radius 2 is 1.20 bits per heavy atom. The van der Waals surface area contributed by atoms with Crippen LogP contribution in [-0.4, -0.2) is 53.5 Å². The molecule has 2 fully saturated rings. The van der Waals surface area contributed by atoms with E-state index in [1.165, 1.54) is 0 Å². The molecule has 0 radical (unpaired) electrons. The molecule has 0 saturated carbocycles. The van der Waals surface area contributed by atoms with Gasteiger partial charge in [-0.2, -0.15) is 0 Å². The predicted molar refractivity (Wildman–Crippen MR) is 75.0 cm³/mol. The third kappa shape index (κ3) is 4.76. The molecule has 114 valence electrons. The molecule has 2 N–H and O–H groups in total. The molecule has 0 unspecified atom stereocenters. The van der Waals surface area contributed by atoms with Crippen molar-refractivity contribution in [2.45, 2.75) is 31.4 Å². The van der Waals surface area contributed by atoms with Crippen molar-refractivity contribution in [3.05, 3.63) is 0 Å². The molecule has 0 aromatic rings. The number of nitrogens with one attached hydrogen (secondary N) is 2. The molecule has 2 rings (SSSR count). The van der Waals surface area contributed by atoms with Crippen molar-refractivity contribution in [2.24, 2.45) is 11.8 Å². The van der Waals surface area contributed by atoms with Crippen LogP contribution >= 0.6 is 0 Å². The second-order valence-corrected chi connectivity index (χ2v) is 7.92. The molecule has 0 bridgehead atoms. The quantitative estimate of drug-likeness (QED) is 0.708. The molecule has 20 heavy (non-hydrogen) atoms. The Balaban J connectivity index is 1.72. The summed E-state index contributed by atoms with van der Waals surface area (Å²) in [6, 6.07) is 0. The molecule has 2 aliphatic rings. The van der Waals surface area contributed by atoms with E-state index in [0.29, 0.717) is 0 Å². The van der Waals surface area contributed by atoms with Crippen molar-refractivity contribution in [2.75, 3.05) is 26.2 Å². The van der Waals surface area contributed by atoms with Gasteiger partial charge in [-0.15, -0.1) is 0 Å². The monoisotopic (exact) mass is 346 g/mol. The van der Waals surface area contributed by atoms with Crippen LogP contribution in [0.2, 0.25) is 5.71 Å². The van der Waals surface area contributed by atoms with Gasteiger partial charge in [-0.1, -0.05) is 0 Å². The zero-order valence-corrected chi connectivity index (χ0v) is 13.8. The van der Waals surface area contributed by atoms with Gasteiger partial charge in [0.05, 0.1) is 0 Å². The summed E-state index contributed by atoms with van der Waals surface area (Å²) in [6.07, 6.45) is 3.24. The standard InChI is InChI=1S/C13H23AsN2O4/c1-14(19-12(17)10-2-6-15-7-3-10)20-13(18)11-4-8-16-9-5-11/h10-11,15-16H,2-9H2,1H3. The summed E-state index contributed by atoms with van der Waals surface area (Å²) >= 11 is -2.27. The first-order chi connectivity index (χ1) is 9.66. The van der Waals surface area contributed by atoms with Crippen LogP contribution in [0.15, 0.2) is 0 Å². The van der Waals surface area contributed by atoms with E-state index in [2.05, 4.69) is 10.6 Å². The second-order valence-electron chi connectivity index (χ2n) is 5.31. The normalized spacial score (nSPS) is 21.7. The van der Waals surface area contributed by atoms with Gasteiger partial charge in [-0.3, -0.25) is 0 Å². The Labute approximate surface area is 124 Å². The molecule has 0 aromatic carbocycles. The molecule has 6 nitrogen and oxygen atoms in total. The van der Waals surface area contributed by atoms with Gasteiger partial charge in [0.25, 0.3) is 0 Å². The van der Waals surface area contributed by atoms with Gasteiger partial charge in [0.2, 0.25) is 0 Å². The molecule has 2 aliphatic heterocycles. The van der Waals surface area contributed by atoms with E-state index in [-0.39, 0.29) is 23.8 Å². The van der Waals surface area contributed by atoms with Crippen LogP contribution in [0.25, 0.3) is 0 Å². The predicted octanol–water partition coefficient (Wildman–Crippen LogP) is 0.190. The van der Waals surface area contributed by atoms with E-state index in [1.807, 2.05) is 0 Å². The van der Waals surface area contributed by atoms with E-state index < -0.39 is 15.3 Å². The fraction of sp³-hybridized carbons (Fsp3) is 0.846. The van der Waals surface area contributed by atoms with Crippen molar-refractivity contribution in [3.63, 3.8) is 0 Å². The molecular formula is C13H23AsN2O4. The molecule has 0 aliphatic carbocycles. The Kier molecular flexibility index (Phi) is 6.33. The summed E-state index contributed by atoms with van der Waals surface area (Å²) < 4.78 is 10.7. The molecule has 2 saturated heterocycles. The van der Waals surface area contributed by atoms with Gasteiger partial charge in [0, 0.05) is 0 Å². The number of rotatable bonds is 4. The van der Waals surface area contributed by atoms with Crippen LogP contribution in [-0.2, 0) is 17.0 Å². The van der Waals surface area contributed by atoms with Crippen molar-refractivity contribution >= 4 is 27.3 Å². The maximum absolute atomic E-state index is 12.0. The zero-order valence-electron chi connectivity index (χ0n) is 11.9. The number of carbonyl (C=O) groups excluding carboxylic acids is 2. The molecule has 0 aromatic heterocycles. The Bertz CT molecular complexity index is 309. The first kappa shape index (κ1) is 15.8. The number of piperidine rings is 2. The average Bonchev–Trinajstić information content (AvgIpc) is 2.49. The van der Waals surface area contributed by atoms with Crippen LogP contribution in [0, 0.1) is 11.8 Å². The topological polar surface area (TPSA) is 76.7 Å². The van der Waals surface area contributed by atoms with Gasteiger partial charge in [0.1, 0.15) is 0 Å². The van der Waals surface area contributed by atoms with Gasteiger partial charge in [-0.05, 0) is 0 Å². The molecular weight excluding hydrogens is 323 g/mol. The number of hydrogen-bond donors (Lipinski definition) is 2. The average molecular weight is 346 g/mol. The van der Waals surface area contributed by atoms with Gasteiger partial charge in [0.15, 0.2) is 0 Å². The minimum atomic E-state index is -2.27. The van der Waals surface area contributed by atoms with Crippen molar-refractivity contribution in [3.8, 4) is 0 Å². The molecule has 0 amide bonds. The Morgan fingerprint density at radius 1 is 0.850 bits per heavy atom. The van der Waals surface area contributed by atoms with Gasteiger partial charge in [-0.25, -0.2) is 0 Å². The number of carbonyl (C=O) groups is 2. The van der Waals surface area contributed by atoms with Crippen molar-refractivity contribution in [1.82, 2.24) is 10.6 Å². The van der Waals surface area contributed by atoms with Crippen LogP contribution in [0.1, 0.15) is 25.7 Å². The van der Waals surface area contributed by atoms with Crippen molar-refractivity contribution in [1.29, 1.82) is 0 Å².